The van der Waals surface area contributed by atoms with Crippen molar-refractivity contribution in [3.63, 3.8) is 0 Å². The molecule has 16 heavy (non-hydrogen) atoms. The summed E-state index contributed by atoms with van der Waals surface area (Å²) in [5.41, 5.74) is 5.09. The van der Waals surface area contributed by atoms with Crippen LogP contribution in [0.15, 0.2) is 9.59 Å². The van der Waals surface area contributed by atoms with Gasteiger partial charge in [0.25, 0.3) is 10.9 Å². The smallest absolute Gasteiger partial charge is 0.253 e. The molecule has 0 spiro atoms. The highest BCUT2D eigenvalue weighted by molar-refractivity contribution is 5.71. The lowest BCUT2D eigenvalue weighted by Crippen LogP contribution is -2.37. The van der Waals surface area contributed by atoms with Crippen LogP contribution in [0.5, 0.6) is 0 Å². The number of hydrogen-bond donors (Lipinski definition) is 2. The van der Waals surface area contributed by atoms with Gasteiger partial charge in [0.1, 0.15) is 11.4 Å². The molecular formula is C12H20N2O2. The fourth-order valence-electron chi connectivity index (χ4n) is 1.58. The highest BCUT2D eigenvalue weighted by Gasteiger charge is 2.16. The average molecular weight is 224 g/mol. The number of hydrogen-bond acceptors (Lipinski definition) is 4. The largest absolute Gasteiger partial charge is 0.394 e. The molecule has 4 nitrogen and oxygen atoms in total. The third-order valence-corrected chi connectivity index (χ3v) is 2.60. The summed E-state index contributed by atoms with van der Waals surface area (Å²) in [4.78, 5) is 21.9. The molecule has 0 aliphatic heterocycles. The summed E-state index contributed by atoms with van der Waals surface area (Å²) in [7, 11) is 0. The lowest BCUT2D eigenvalue weighted by atomic mass is 9.90. The van der Waals surface area contributed by atoms with Crippen molar-refractivity contribution in [2.24, 2.45) is 5.41 Å². The first-order valence-corrected chi connectivity index (χ1v) is 5.65. The van der Waals surface area contributed by atoms with Gasteiger partial charge < -0.3 is 11.1 Å². The van der Waals surface area contributed by atoms with Crippen LogP contribution in [-0.4, -0.2) is 6.54 Å². The summed E-state index contributed by atoms with van der Waals surface area (Å²) in [6.07, 6.45) is 3.23. The maximum Gasteiger partial charge on any atom is 0.253 e. The van der Waals surface area contributed by atoms with Gasteiger partial charge in [0.15, 0.2) is 0 Å². The summed E-state index contributed by atoms with van der Waals surface area (Å²) in [6.45, 7) is 7.31. The zero-order chi connectivity index (χ0) is 12.3. The van der Waals surface area contributed by atoms with Crippen LogP contribution < -0.4 is 21.9 Å². The van der Waals surface area contributed by atoms with Gasteiger partial charge >= 0.3 is 0 Å². The summed E-state index contributed by atoms with van der Waals surface area (Å²) < 4.78 is 0. The van der Waals surface area contributed by atoms with E-state index < -0.39 is 10.9 Å². The monoisotopic (exact) mass is 224 g/mol. The highest BCUT2D eigenvalue weighted by atomic mass is 16.2. The van der Waals surface area contributed by atoms with Crippen LogP contribution in [0.1, 0.15) is 40.0 Å². The van der Waals surface area contributed by atoms with Crippen LogP contribution in [-0.2, 0) is 0 Å². The molecule has 0 aliphatic rings. The molecule has 0 amide bonds. The van der Waals surface area contributed by atoms with Gasteiger partial charge in [-0.25, -0.2) is 0 Å². The second-order valence-electron chi connectivity index (χ2n) is 5.39. The van der Waals surface area contributed by atoms with Crippen molar-refractivity contribution in [1.29, 1.82) is 0 Å². The molecule has 1 aromatic carbocycles. The van der Waals surface area contributed by atoms with E-state index in [9.17, 15) is 9.59 Å². The average Bonchev–Trinajstić information content (AvgIpc) is 2.20. The molecule has 0 saturated heterocycles. The lowest BCUT2D eigenvalue weighted by molar-refractivity contribution is 0.362. The molecule has 0 atom stereocenters. The van der Waals surface area contributed by atoms with Crippen molar-refractivity contribution < 1.29 is 0 Å². The van der Waals surface area contributed by atoms with Crippen molar-refractivity contribution in [2.75, 3.05) is 17.6 Å². The molecule has 0 unspecified atom stereocenters. The van der Waals surface area contributed by atoms with Gasteiger partial charge in [-0.1, -0.05) is 27.2 Å². The van der Waals surface area contributed by atoms with Gasteiger partial charge in [-0.05, 0) is 18.3 Å². The molecule has 0 fully saturated rings. The molecule has 0 radical (unpaired) electrons. The van der Waals surface area contributed by atoms with E-state index in [0.29, 0.717) is 17.6 Å². The van der Waals surface area contributed by atoms with E-state index in [1.165, 1.54) is 0 Å². The second kappa shape index (κ2) is 4.68. The molecule has 0 aromatic heterocycles. The summed E-state index contributed by atoms with van der Waals surface area (Å²) in [5.74, 6) is 0. The zero-order valence-electron chi connectivity index (χ0n) is 10.2. The number of nitrogen functional groups attached to an aromatic ring is 1. The van der Waals surface area contributed by atoms with Gasteiger partial charge in [0.2, 0.25) is 0 Å². The number of unbranched alkanes of at least 4 members (excludes halogenated alkanes) is 1. The minimum atomic E-state index is -0.558. The van der Waals surface area contributed by atoms with Crippen LogP contribution in [0, 0.1) is 5.41 Å². The number of nitrogens with two attached hydrogens (primary N) is 1. The van der Waals surface area contributed by atoms with Crippen LogP contribution in [0.25, 0.3) is 0 Å². The summed E-state index contributed by atoms with van der Waals surface area (Å²) >= 11 is 0. The molecule has 3 N–H and O–H groups in total. The molecule has 4 heteroatoms. The Morgan fingerprint density at radius 1 is 1.12 bits per heavy atom. The Bertz CT molecular complexity index is 423. The van der Waals surface area contributed by atoms with Crippen molar-refractivity contribution in [3.05, 3.63) is 20.4 Å². The van der Waals surface area contributed by atoms with E-state index in [2.05, 4.69) is 26.1 Å². The van der Waals surface area contributed by atoms with E-state index in [0.717, 1.165) is 19.3 Å². The molecule has 1 rings (SSSR count). The van der Waals surface area contributed by atoms with Crippen molar-refractivity contribution in [2.45, 2.75) is 40.0 Å². The topological polar surface area (TPSA) is 72.2 Å². The maximum absolute atomic E-state index is 11.0. The first-order valence-electron chi connectivity index (χ1n) is 5.65. The van der Waals surface area contributed by atoms with E-state index in [1.807, 2.05) is 0 Å². The quantitative estimate of drug-likeness (QED) is 0.587. The number of rotatable bonds is 5. The maximum atomic E-state index is 11.0. The fraction of sp³-hybridized carbons (Fsp3) is 0.667. The van der Waals surface area contributed by atoms with Gasteiger partial charge in [0, 0.05) is 6.54 Å². The first kappa shape index (κ1) is 12.7. The van der Waals surface area contributed by atoms with Crippen molar-refractivity contribution >= 4 is 11.4 Å². The van der Waals surface area contributed by atoms with Gasteiger partial charge in [0.05, 0.1) is 0 Å². The van der Waals surface area contributed by atoms with Crippen LogP contribution in [0.3, 0.4) is 0 Å². The van der Waals surface area contributed by atoms with Crippen molar-refractivity contribution in [1.82, 2.24) is 0 Å². The van der Waals surface area contributed by atoms with E-state index in [1.54, 1.807) is 0 Å². The molecular weight excluding hydrogens is 204 g/mol. The minimum absolute atomic E-state index is 0.0841. The zero-order valence-corrected chi connectivity index (χ0v) is 10.2. The molecule has 0 bridgehead atoms. The minimum Gasteiger partial charge on any atom is -0.394 e. The van der Waals surface area contributed by atoms with E-state index in [4.69, 9.17) is 5.73 Å². The normalized spacial score (nSPS) is 11.9. The fourth-order valence-corrected chi connectivity index (χ4v) is 1.58. The predicted octanol–water partition coefficient (Wildman–Crippen LogP) is 1.49. The van der Waals surface area contributed by atoms with Crippen LogP contribution >= 0.6 is 0 Å². The number of nitrogens with one attached hydrogen (secondary N) is 1. The molecule has 0 saturated carbocycles. The molecule has 0 aliphatic carbocycles. The predicted molar refractivity (Wildman–Crippen MR) is 67.6 cm³/mol. The Hall–Kier alpha value is -1.32. The molecule has 0 heterocycles. The first-order chi connectivity index (χ1) is 7.33. The Balaban J connectivity index is 2.23. The highest BCUT2D eigenvalue weighted by Crippen LogP contribution is 2.21. The summed E-state index contributed by atoms with van der Waals surface area (Å²) in [5, 5.41) is 2.92. The third kappa shape index (κ3) is 3.08. The van der Waals surface area contributed by atoms with E-state index >= 15 is 0 Å². The van der Waals surface area contributed by atoms with Gasteiger partial charge in [-0.15, -0.1) is 0 Å². The standard InChI is InChI=1S/C12H20N2O2/c1-12(2,3)6-4-5-7-14-9-8(13)10(15)11(9)16/h14H,4-7,13H2,1-3H3. The van der Waals surface area contributed by atoms with Crippen LogP contribution in [0.4, 0.5) is 11.4 Å². The SMILES string of the molecule is CC(C)(C)CCCCNc1c(N)c(=O)c1=O. The Labute approximate surface area is 95.5 Å². The molecule has 90 valence electrons. The number of anilines is 2. The summed E-state index contributed by atoms with van der Waals surface area (Å²) in [6, 6.07) is 0. The van der Waals surface area contributed by atoms with Gasteiger partial charge in [-0.2, -0.15) is 0 Å². The van der Waals surface area contributed by atoms with E-state index in [-0.39, 0.29) is 5.69 Å². The third-order valence-electron chi connectivity index (χ3n) is 2.60. The van der Waals surface area contributed by atoms with Crippen LogP contribution in [0.2, 0.25) is 0 Å². The molecule has 1 aromatic rings. The second-order valence-corrected chi connectivity index (χ2v) is 5.39. The Morgan fingerprint density at radius 3 is 2.25 bits per heavy atom. The van der Waals surface area contributed by atoms with Crippen molar-refractivity contribution in [3.8, 4) is 0 Å². The lowest BCUT2D eigenvalue weighted by Gasteiger charge is -2.17. The Kier molecular flexibility index (Phi) is 3.73. The Morgan fingerprint density at radius 2 is 1.75 bits per heavy atom. The van der Waals surface area contributed by atoms with Gasteiger partial charge in [-0.3, -0.25) is 9.59 Å².